The van der Waals surface area contributed by atoms with Crippen molar-refractivity contribution in [3.63, 3.8) is 0 Å². The number of hydrogen-bond donors (Lipinski definition) is 2. The maximum absolute atomic E-state index is 12.2. The highest BCUT2D eigenvalue weighted by molar-refractivity contribution is 6.33. The fourth-order valence-electron chi connectivity index (χ4n) is 2.15. The summed E-state index contributed by atoms with van der Waals surface area (Å²) in [5.74, 6) is 0.486. The Morgan fingerprint density at radius 1 is 1.00 bits per heavy atom. The van der Waals surface area contributed by atoms with E-state index in [2.05, 4.69) is 15.6 Å². The van der Waals surface area contributed by atoms with Crippen molar-refractivity contribution in [2.75, 3.05) is 10.6 Å². The third-order valence-electron chi connectivity index (χ3n) is 3.47. The second-order valence-electron chi connectivity index (χ2n) is 5.36. The molecule has 0 aliphatic carbocycles. The Morgan fingerprint density at radius 3 is 2.42 bits per heavy atom. The van der Waals surface area contributed by atoms with Crippen molar-refractivity contribution in [3.05, 3.63) is 83.0 Å². The van der Waals surface area contributed by atoms with E-state index < -0.39 is 0 Å². The molecular formula is C19H16ClN3O. The first kappa shape index (κ1) is 16.0. The summed E-state index contributed by atoms with van der Waals surface area (Å²) < 4.78 is 0. The number of carbonyl (C=O) groups excluding carboxylic acids is 1. The highest BCUT2D eigenvalue weighted by Gasteiger charge is 2.06. The summed E-state index contributed by atoms with van der Waals surface area (Å²) in [7, 11) is 0. The normalized spacial score (nSPS) is 10.2. The number of carbonyl (C=O) groups is 1. The maximum Gasteiger partial charge on any atom is 0.255 e. The van der Waals surface area contributed by atoms with Gasteiger partial charge in [-0.1, -0.05) is 41.4 Å². The molecule has 0 bridgehead atoms. The molecule has 0 fully saturated rings. The van der Waals surface area contributed by atoms with Gasteiger partial charge in [-0.05, 0) is 43.3 Å². The van der Waals surface area contributed by atoms with Crippen LogP contribution >= 0.6 is 11.6 Å². The van der Waals surface area contributed by atoms with Crippen molar-refractivity contribution in [2.45, 2.75) is 6.92 Å². The summed E-state index contributed by atoms with van der Waals surface area (Å²) in [5, 5.41) is 6.58. The first-order valence-corrected chi connectivity index (χ1v) is 7.85. The van der Waals surface area contributed by atoms with Gasteiger partial charge in [0.15, 0.2) is 0 Å². The van der Waals surface area contributed by atoms with E-state index in [1.54, 1.807) is 36.5 Å². The van der Waals surface area contributed by atoms with E-state index in [-0.39, 0.29) is 5.91 Å². The average Bonchev–Trinajstić information content (AvgIpc) is 2.59. The number of halogens is 1. The van der Waals surface area contributed by atoms with Crippen LogP contribution in [0.4, 0.5) is 17.2 Å². The minimum atomic E-state index is -0.163. The number of pyridine rings is 1. The highest BCUT2D eigenvalue weighted by Crippen LogP contribution is 2.24. The zero-order valence-electron chi connectivity index (χ0n) is 13.1. The van der Waals surface area contributed by atoms with Crippen molar-refractivity contribution in [2.24, 2.45) is 0 Å². The van der Waals surface area contributed by atoms with Crippen molar-refractivity contribution in [3.8, 4) is 0 Å². The lowest BCUT2D eigenvalue weighted by atomic mass is 10.1. The summed E-state index contributed by atoms with van der Waals surface area (Å²) in [6, 6.07) is 18.4. The van der Waals surface area contributed by atoms with Gasteiger partial charge in [0.25, 0.3) is 5.91 Å². The van der Waals surface area contributed by atoms with Crippen molar-refractivity contribution >= 4 is 34.7 Å². The highest BCUT2D eigenvalue weighted by atomic mass is 35.5. The van der Waals surface area contributed by atoms with E-state index in [0.29, 0.717) is 22.1 Å². The molecule has 0 unspecified atom stereocenters. The minimum Gasteiger partial charge on any atom is -0.339 e. The van der Waals surface area contributed by atoms with Gasteiger partial charge in [0, 0.05) is 5.56 Å². The quantitative estimate of drug-likeness (QED) is 0.701. The van der Waals surface area contributed by atoms with Crippen molar-refractivity contribution in [1.29, 1.82) is 0 Å². The van der Waals surface area contributed by atoms with Crippen LogP contribution in [0.5, 0.6) is 0 Å². The number of aromatic nitrogens is 1. The molecule has 0 aliphatic rings. The lowest BCUT2D eigenvalue weighted by molar-refractivity contribution is 0.102. The molecule has 1 amide bonds. The minimum absolute atomic E-state index is 0.163. The fraction of sp³-hybridized carbons (Fsp3) is 0.0526. The molecule has 3 aromatic rings. The number of para-hydroxylation sites is 1. The predicted octanol–water partition coefficient (Wildman–Crippen LogP) is 5.04. The average molecular weight is 338 g/mol. The Morgan fingerprint density at radius 2 is 1.75 bits per heavy atom. The molecule has 0 radical (unpaired) electrons. The molecule has 120 valence electrons. The van der Waals surface area contributed by atoms with Gasteiger partial charge in [-0.25, -0.2) is 4.98 Å². The summed E-state index contributed by atoms with van der Waals surface area (Å²) in [5.41, 5.74) is 3.13. The van der Waals surface area contributed by atoms with E-state index in [0.717, 1.165) is 11.3 Å². The van der Waals surface area contributed by atoms with Gasteiger partial charge in [0.1, 0.15) is 5.82 Å². The number of nitrogens with one attached hydrogen (secondary N) is 2. The molecule has 1 aromatic heterocycles. The fourth-order valence-corrected chi connectivity index (χ4v) is 2.33. The van der Waals surface area contributed by atoms with Crippen LogP contribution < -0.4 is 10.6 Å². The zero-order chi connectivity index (χ0) is 16.9. The molecule has 24 heavy (non-hydrogen) atoms. The lowest BCUT2D eigenvalue weighted by Crippen LogP contribution is -2.12. The third kappa shape index (κ3) is 3.91. The number of rotatable bonds is 4. The third-order valence-corrected chi connectivity index (χ3v) is 3.80. The Balaban J connectivity index is 1.67. The standard InChI is InChI=1S/C19H16ClN3O/c1-13-6-8-14(9-7-13)19(24)22-15-10-11-18(21-12-15)23-17-5-3-2-4-16(17)20/h2-12H,1H3,(H,21,23)(H,22,24). The number of nitrogens with zero attached hydrogens (tertiary/aromatic N) is 1. The Labute approximate surface area is 145 Å². The largest absolute Gasteiger partial charge is 0.339 e. The lowest BCUT2D eigenvalue weighted by Gasteiger charge is -2.09. The second kappa shape index (κ2) is 7.15. The first-order chi connectivity index (χ1) is 11.6. The van der Waals surface area contributed by atoms with Gasteiger partial charge in [-0.2, -0.15) is 0 Å². The Hall–Kier alpha value is -2.85. The summed E-state index contributed by atoms with van der Waals surface area (Å²) in [4.78, 5) is 16.5. The molecular weight excluding hydrogens is 322 g/mol. The second-order valence-corrected chi connectivity index (χ2v) is 5.76. The SMILES string of the molecule is Cc1ccc(C(=O)Nc2ccc(Nc3ccccc3Cl)nc2)cc1. The van der Waals surface area contributed by atoms with Crippen LogP contribution in [0.25, 0.3) is 0 Å². The monoisotopic (exact) mass is 337 g/mol. The molecule has 0 spiro atoms. The number of hydrogen-bond acceptors (Lipinski definition) is 3. The number of aryl methyl sites for hydroxylation is 1. The number of benzene rings is 2. The van der Waals surface area contributed by atoms with Crippen molar-refractivity contribution < 1.29 is 4.79 Å². The predicted molar refractivity (Wildman–Crippen MR) is 98.1 cm³/mol. The molecule has 2 N–H and O–H groups in total. The molecule has 4 nitrogen and oxygen atoms in total. The van der Waals surface area contributed by atoms with Gasteiger partial charge in [-0.3, -0.25) is 4.79 Å². The summed E-state index contributed by atoms with van der Waals surface area (Å²) >= 11 is 6.11. The summed E-state index contributed by atoms with van der Waals surface area (Å²) in [6.07, 6.45) is 1.60. The molecule has 3 rings (SSSR count). The van der Waals surface area contributed by atoms with Crippen LogP contribution in [0.15, 0.2) is 66.9 Å². The number of anilines is 3. The maximum atomic E-state index is 12.2. The molecule has 2 aromatic carbocycles. The van der Waals surface area contributed by atoms with Crippen LogP contribution in [-0.2, 0) is 0 Å². The Kier molecular flexibility index (Phi) is 4.77. The van der Waals surface area contributed by atoms with Gasteiger partial charge in [0.05, 0.1) is 22.6 Å². The molecule has 5 heteroatoms. The van der Waals surface area contributed by atoms with E-state index >= 15 is 0 Å². The first-order valence-electron chi connectivity index (χ1n) is 7.47. The van der Waals surface area contributed by atoms with E-state index in [4.69, 9.17) is 11.6 Å². The zero-order valence-corrected chi connectivity index (χ0v) is 13.8. The van der Waals surface area contributed by atoms with E-state index in [1.807, 2.05) is 37.3 Å². The van der Waals surface area contributed by atoms with Gasteiger partial charge < -0.3 is 10.6 Å². The molecule has 0 aliphatic heterocycles. The van der Waals surface area contributed by atoms with Crippen LogP contribution in [0.1, 0.15) is 15.9 Å². The summed E-state index contributed by atoms with van der Waals surface area (Å²) in [6.45, 7) is 1.98. The van der Waals surface area contributed by atoms with Gasteiger partial charge in [-0.15, -0.1) is 0 Å². The topological polar surface area (TPSA) is 54.0 Å². The van der Waals surface area contributed by atoms with Crippen molar-refractivity contribution in [1.82, 2.24) is 4.98 Å². The Bertz CT molecular complexity index is 845. The van der Waals surface area contributed by atoms with Crippen LogP contribution in [-0.4, -0.2) is 10.9 Å². The number of amides is 1. The van der Waals surface area contributed by atoms with E-state index in [1.165, 1.54) is 0 Å². The van der Waals surface area contributed by atoms with Crippen LogP contribution in [0.3, 0.4) is 0 Å². The van der Waals surface area contributed by atoms with Crippen LogP contribution in [0, 0.1) is 6.92 Å². The van der Waals surface area contributed by atoms with Gasteiger partial charge >= 0.3 is 0 Å². The molecule has 1 heterocycles. The molecule has 0 saturated heterocycles. The molecule has 0 atom stereocenters. The van der Waals surface area contributed by atoms with Crippen LogP contribution in [0.2, 0.25) is 5.02 Å². The smallest absolute Gasteiger partial charge is 0.255 e. The van der Waals surface area contributed by atoms with Gasteiger partial charge in [0.2, 0.25) is 0 Å². The van der Waals surface area contributed by atoms with E-state index in [9.17, 15) is 4.79 Å². The molecule has 0 saturated carbocycles.